The van der Waals surface area contributed by atoms with E-state index < -0.39 is 11.2 Å². The third-order valence-corrected chi connectivity index (χ3v) is 3.81. The van der Waals surface area contributed by atoms with E-state index in [1.807, 2.05) is 0 Å². The first-order valence-corrected chi connectivity index (χ1v) is 7.02. The average molecular weight is 360 g/mol. The van der Waals surface area contributed by atoms with Crippen molar-refractivity contribution in [1.82, 2.24) is 9.24 Å². The maximum absolute atomic E-state index is 12.2. The van der Waals surface area contributed by atoms with Crippen LogP contribution in [0.4, 0.5) is 5.69 Å². The van der Waals surface area contributed by atoms with Crippen molar-refractivity contribution in [2.24, 2.45) is 7.05 Å². The summed E-state index contributed by atoms with van der Waals surface area (Å²) in [6, 6.07) is 4.68. The van der Waals surface area contributed by atoms with E-state index in [0.29, 0.717) is 10.7 Å². The molecular weight excluding hydrogens is 351 g/mol. The fraction of sp³-hybridized carbons (Fsp3) is 0.154. The lowest BCUT2D eigenvalue weighted by molar-refractivity contribution is 0.634. The summed E-state index contributed by atoms with van der Waals surface area (Å²) in [5.74, 6) is 0. The van der Waals surface area contributed by atoms with Crippen LogP contribution in [0.3, 0.4) is 0 Å². The highest BCUT2D eigenvalue weighted by Crippen LogP contribution is 2.35. The molecule has 0 spiro atoms. The molecule has 0 fully saturated rings. The zero-order valence-electron chi connectivity index (χ0n) is 11.5. The number of anilines is 1. The molecule has 2 rings (SSSR count). The number of nitriles is 1. The fourth-order valence-corrected chi connectivity index (χ4v) is 2.96. The van der Waals surface area contributed by atoms with E-state index in [1.165, 1.54) is 31.2 Å². The van der Waals surface area contributed by atoms with E-state index in [4.69, 9.17) is 40.1 Å². The van der Waals surface area contributed by atoms with Gasteiger partial charge in [-0.25, -0.2) is 9.47 Å². The molecule has 2 aromatic rings. The highest BCUT2D eigenvalue weighted by Gasteiger charge is 2.17. The zero-order valence-corrected chi connectivity index (χ0v) is 13.7. The highest BCUT2D eigenvalue weighted by atomic mass is 35.5. The van der Waals surface area contributed by atoms with Gasteiger partial charge in [0, 0.05) is 19.1 Å². The van der Waals surface area contributed by atoms with Gasteiger partial charge < -0.3 is 0 Å². The minimum atomic E-state index is -0.676. The Morgan fingerprint density at radius 2 is 1.73 bits per heavy atom. The van der Waals surface area contributed by atoms with E-state index >= 15 is 0 Å². The Kier molecular flexibility index (Phi) is 4.52. The van der Waals surface area contributed by atoms with Gasteiger partial charge >= 0.3 is 5.69 Å². The van der Waals surface area contributed by atoms with Gasteiger partial charge in [0.2, 0.25) is 0 Å². The number of benzene rings is 1. The summed E-state index contributed by atoms with van der Waals surface area (Å²) in [4.78, 5) is 24.0. The zero-order chi connectivity index (χ0) is 16.6. The summed E-state index contributed by atoms with van der Waals surface area (Å²) in [6.07, 6.45) is 1.13. The van der Waals surface area contributed by atoms with Crippen LogP contribution in [0.25, 0.3) is 0 Å². The Balaban J connectivity index is 2.74. The Morgan fingerprint density at radius 3 is 2.23 bits per heavy atom. The third kappa shape index (κ3) is 2.71. The van der Waals surface area contributed by atoms with Crippen molar-refractivity contribution in [2.45, 2.75) is 0 Å². The van der Waals surface area contributed by atoms with E-state index in [-0.39, 0.29) is 15.6 Å². The van der Waals surface area contributed by atoms with E-state index in [0.717, 1.165) is 15.4 Å². The van der Waals surface area contributed by atoms with Gasteiger partial charge in [0.15, 0.2) is 0 Å². The Hall–Kier alpha value is -1.94. The fourth-order valence-electron chi connectivity index (χ4n) is 1.90. The van der Waals surface area contributed by atoms with Crippen molar-refractivity contribution in [3.63, 3.8) is 0 Å². The first-order chi connectivity index (χ1) is 10.3. The molecule has 0 unspecified atom stereocenters. The standard InChI is InChI=1S/C13H9Cl3N4O2/c1-18-12(21)7(5-17)6-20(13(18)22)19(2)11-9(15)3-8(14)4-10(11)16/h3-4,6H,1-2H3. The summed E-state index contributed by atoms with van der Waals surface area (Å²) in [6.45, 7) is 0. The Labute approximate surface area is 140 Å². The van der Waals surface area contributed by atoms with Gasteiger partial charge in [-0.2, -0.15) is 5.26 Å². The lowest BCUT2D eigenvalue weighted by Gasteiger charge is -2.24. The molecule has 0 saturated carbocycles. The molecule has 114 valence electrons. The molecule has 0 aliphatic carbocycles. The summed E-state index contributed by atoms with van der Waals surface area (Å²) < 4.78 is 1.90. The summed E-state index contributed by atoms with van der Waals surface area (Å²) in [5.41, 5.74) is -1.19. The minimum Gasteiger partial charge on any atom is -0.277 e. The van der Waals surface area contributed by atoms with E-state index in [9.17, 15) is 9.59 Å². The highest BCUT2D eigenvalue weighted by molar-refractivity contribution is 6.41. The van der Waals surface area contributed by atoms with Gasteiger partial charge in [-0.15, -0.1) is 0 Å². The van der Waals surface area contributed by atoms with Gasteiger partial charge in [0.05, 0.1) is 21.9 Å². The summed E-state index contributed by atoms with van der Waals surface area (Å²) in [5, 5.41) is 11.1. The maximum Gasteiger partial charge on any atom is 0.349 e. The van der Waals surface area contributed by atoms with Gasteiger partial charge in [-0.05, 0) is 12.1 Å². The van der Waals surface area contributed by atoms with Crippen LogP contribution in [-0.2, 0) is 7.05 Å². The molecule has 0 bridgehead atoms. The smallest absolute Gasteiger partial charge is 0.277 e. The van der Waals surface area contributed by atoms with Crippen molar-refractivity contribution in [3.8, 4) is 6.07 Å². The topological polar surface area (TPSA) is 71.0 Å². The summed E-state index contributed by atoms with van der Waals surface area (Å²) in [7, 11) is 2.80. The van der Waals surface area contributed by atoms with Crippen LogP contribution in [0.2, 0.25) is 15.1 Å². The van der Waals surface area contributed by atoms with Gasteiger partial charge in [-0.1, -0.05) is 34.8 Å². The van der Waals surface area contributed by atoms with Crippen molar-refractivity contribution in [1.29, 1.82) is 5.26 Å². The first-order valence-electron chi connectivity index (χ1n) is 5.89. The quantitative estimate of drug-likeness (QED) is 0.825. The molecule has 1 heterocycles. The molecule has 0 aliphatic heterocycles. The number of nitrogens with zero attached hydrogens (tertiary/aromatic N) is 4. The van der Waals surface area contributed by atoms with Gasteiger partial charge in [-0.3, -0.25) is 14.4 Å². The average Bonchev–Trinajstić information content (AvgIpc) is 2.44. The van der Waals surface area contributed by atoms with Crippen molar-refractivity contribution >= 4 is 40.5 Å². The van der Waals surface area contributed by atoms with Crippen LogP contribution in [-0.4, -0.2) is 16.3 Å². The predicted octanol–water partition coefficient (Wildman–Crippen LogP) is 2.28. The first kappa shape index (κ1) is 16.4. The molecule has 0 saturated heterocycles. The number of halogens is 3. The Morgan fingerprint density at radius 1 is 1.18 bits per heavy atom. The van der Waals surface area contributed by atoms with Gasteiger partial charge in [0.25, 0.3) is 5.56 Å². The third-order valence-electron chi connectivity index (χ3n) is 3.02. The number of rotatable bonds is 2. The molecule has 1 aromatic carbocycles. The lowest BCUT2D eigenvalue weighted by Crippen LogP contribution is -2.45. The van der Waals surface area contributed by atoms with Crippen molar-refractivity contribution in [3.05, 3.63) is 59.8 Å². The lowest BCUT2D eigenvalue weighted by atomic mass is 10.3. The second-order valence-electron chi connectivity index (χ2n) is 4.39. The molecule has 0 radical (unpaired) electrons. The van der Waals surface area contributed by atoms with Crippen molar-refractivity contribution < 1.29 is 0 Å². The van der Waals surface area contributed by atoms with Crippen LogP contribution in [0.1, 0.15) is 5.56 Å². The van der Waals surface area contributed by atoms with Crippen LogP contribution in [0, 0.1) is 11.3 Å². The van der Waals surface area contributed by atoms with Crippen molar-refractivity contribution in [2.75, 3.05) is 12.1 Å². The van der Waals surface area contributed by atoms with Crippen LogP contribution >= 0.6 is 34.8 Å². The number of aromatic nitrogens is 2. The minimum absolute atomic E-state index is 0.185. The predicted molar refractivity (Wildman–Crippen MR) is 85.9 cm³/mol. The normalized spacial score (nSPS) is 10.4. The Bertz CT molecular complexity index is 888. The van der Waals surface area contributed by atoms with E-state index in [2.05, 4.69) is 0 Å². The SMILES string of the molecule is CN(c1c(Cl)cc(Cl)cc1Cl)n1cc(C#N)c(=O)n(C)c1=O. The molecule has 22 heavy (non-hydrogen) atoms. The van der Waals surface area contributed by atoms with Crippen LogP contribution in [0.15, 0.2) is 27.9 Å². The second-order valence-corrected chi connectivity index (χ2v) is 5.64. The molecule has 9 heteroatoms. The molecular formula is C13H9Cl3N4O2. The van der Waals surface area contributed by atoms with Crippen LogP contribution in [0.5, 0.6) is 0 Å². The molecule has 0 N–H and O–H groups in total. The molecule has 0 amide bonds. The summed E-state index contributed by atoms with van der Waals surface area (Å²) >= 11 is 18.1. The van der Waals surface area contributed by atoms with Crippen LogP contribution < -0.4 is 16.3 Å². The maximum atomic E-state index is 12.2. The molecule has 6 nitrogen and oxygen atoms in total. The number of hydrogen-bond acceptors (Lipinski definition) is 4. The molecule has 1 aromatic heterocycles. The second kappa shape index (κ2) is 6.05. The monoisotopic (exact) mass is 358 g/mol. The van der Waals surface area contributed by atoms with Gasteiger partial charge in [0.1, 0.15) is 11.6 Å². The van der Waals surface area contributed by atoms with E-state index in [1.54, 1.807) is 6.07 Å². The molecule has 0 aliphatic rings. The largest absolute Gasteiger partial charge is 0.349 e. The molecule has 0 atom stereocenters. The number of hydrogen-bond donors (Lipinski definition) is 0.